The Bertz CT molecular complexity index is 521. The first-order valence-electron chi connectivity index (χ1n) is 5.75. The van der Waals surface area contributed by atoms with Crippen LogP contribution in [-0.4, -0.2) is 42.5 Å². The first kappa shape index (κ1) is 13.9. The van der Waals surface area contributed by atoms with Crippen molar-refractivity contribution in [3.05, 3.63) is 22.9 Å². The van der Waals surface area contributed by atoms with Crippen molar-refractivity contribution in [3.8, 4) is 0 Å². The number of aliphatic hydroxyl groups is 1. The van der Waals surface area contributed by atoms with E-state index in [2.05, 4.69) is 20.9 Å². The topological polar surface area (TPSA) is 70.5 Å². The van der Waals surface area contributed by atoms with Crippen LogP contribution >= 0.6 is 15.9 Å². The summed E-state index contributed by atoms with van der Waals surface area (Å²) >= 11 is 3.22. The Morgan fingerprint density at radius 3 is 2.94 bits per heavy atom. The van der Waals surface area contributed by atoms with Gasteiger partial charge in [0.2, 0.25) is 10.0 Å². The molecule has 1 N–H and O–H groups in total. The third kappa shape index (κ3) is 2.90. The van der Waals surface area contributed by atoms with E-state index >= 15 is 0 Å². The fourth-order valence-corrected chi connectivity index (χ4v) is 4.14. The van der Waals surface area contributed by atoms with Gasteiger partial charge in [-0.25, -0.2) is 8.42 Å². The SMILES string of the molecule is O=S(=O)(c1cncc(Br)c1)N1CCCC(CO)C1. The fourth-order valence-electron chi connectivity index (χ4n) is 2.08. The standard InChI is InChI=1S/C11H15BrN2O3S/c12-10-4-11(6-13-5-10)18(16,17)14-3-1-2-9(7-14)8-15/h4-6,9,15H,1-3,7-8H2. The van der Waals surface area contributed by atoms with Crippen molar-refractivity contribution in [2.45, 2.75) is 17.7 Å². The molecule has 1 aromatic rings. The Morgan fingerprint density at radius 2 is 2.28 bits per heavy atom. The summed E-state index contributed by atoms with van der Waals surface area (Å²) in [4.78, 5) is 4.07. The van der Waals surface area contributed by atoms with Gasteiger partial charge in [0.1, 0.15) is 4.90 Å². The second-order valence-electron chi connectivity index (χ2n) is 4.39. The molecule has 2 rings (SSSR count). The highest BCUT2D eigenvalue weighted by molar-refractivity contribution is 9.10. The molecule has 5 nitrogen and oxygen atoms in total. The van der Waals surface area contributed by atoms with Crippen LogP contribution in [0.4, 0.5) is 0 Å². The lowest BCUT2D eigenvalue weighted by Gasteiger charge is -2.30. The third-order valence-corrected chi connectivity index (χ3v) is 5.32. The monoisotopic (exact) mass is 334 g/mol. The Balaban J connectivity index is 2.25. The van der Waals surface area contributed by atoms with Gasteiger partial charge in [0.05, 0.1) is 0 Å². The number of pyridine rings is 1. The molecule has 1 atom stereocenters. The average molecular weight is 335 g/mol. The molecule has 1 saturated heterocycles. The lowest BCUT2D eigenvalue weighted by atomic mass is 10.0. The fraction of sp³-hybridized carbons (Fsp3) is 0.545. The Morgan fingerprint density at radius 1 is 1.50 bits per heavy atom. The largest absolute Gasteiger partial charge is 0.396 e. The molecule has 0 aliphatic carbocycles. The van der Waals surface area contributed by atoms with E-state index in [1.807, 2.05) is 0 Å². The lowest BCUT2D eigenvalue weighted by molar-refractivity contribution is 0.165. The third-order valence-electron chi connectivity index (χ3n) is 3.06. The highest BCUT2D eigenvalue weighted by atomic mass is 79.9. The molecule has 1 aromatic heterocycles. The van der Waals surface area contributed by atoms with Crippen molar-refractivity contribution in [2.75, 3.05) is 19.7 Å². The minimum absolute atomic E-state index is 0.0305. The van der Waals surface area contributed by atoms with Crippen molar-refractivity contribution < 1.29 is 13.5 Å². The minimum atomic E-state index is -3.50. The number of aliphatic hydroxyl groups excluding tert-OH is 1. The minimum Gasteiger partial charge on any atom is -0.396 e. The zero-order valence-corrected chi connectivity index (χ0v) is 12.2. The summed E-state index contributed by atoms with van der Waals surface area (Å²) in [6.07, 6.45) is 4.56. The smallest absolute Gasteiger partial charge is 0.244 e. The molecule has 2 heterocycles. The van der Waals surface area contributed by atoms with Crippen LogP contribution in [0.1, 0.15) is 12.8 Å². The summed E-state index contributed by atoms with van der Waals surface area (Å²) in [5.74, 6) is 0.0358. The molecule has 0 aromatic carbocycles. The van der Waals surface area contributed by atoms with Gasteiger partial charge in [0.15, 0.2) is 0 Å². The number of hydrogen-bond donors (Lipinski definition) is 1. The first-order chi connectivity index (χ1) is 8.54. The quantitative estimate of drug-likeness (QED) is 0.902. The van der Waals surface area contributed by atoms with Crippen LogP contribution in [0.25, 0.3) is 0 Å². The van der Waals surface area contributed by atoms with Crippen LogP contribution in [0, 0.1) is 5.92 Å². The molecule has 1 aliphatic heterocycles. The molecule has 0 amide bonds. The number of halogens is 1. The maximum absolute atomic E-state index is 12.4. The van der Waals surface area contributed by atoms with Crippen LogP contribution in [0.15, 0.2) is 27.8 Å². The number of hydrogen-bond acceptors (Lipinski definition) is 4. The zero-order valence-electron chi connectivity index (χ0n) is 9.79. The van der Waals surface area contributed by atoms with Crippen LogP contribution in [-0.2, 0) is 10.0 Å². The number of rotatable bonds is 3. The molecule has 0 saturated carbocycles. The molecule has 7 heteroatoms. The first-order valence-corrected chi connectivity index (χ1v) is 7.99. The van der Waals surface area contributed by atoms with Crippen molar-refractivity contribution in [3.63, 3.8) is 0 Å². The molecular formula is C11H15BrN2O3S. The summed E-state index contributed by atoms with van der Waals surface area (Å²) in [5.41, 5.74) is 0. The van der Waals surface area contributed by atoms with Crippen LogP contribution in [0.2, 0.25) is 0 Å². The number of sulfonamides is 1. The molecule has 1 unspecified atom stereocenters. The van der Waals surface area contributed by atoms with Crippen molar-refractivity contribution in [1.82, 2.24) is 9.29 Å². The van der Waals surface area contributed by atoms with E-state index in [-0.39, 0.29) is 17.4 Å². The highest BCUT2D eigenvalue weighted by Gasteiger charge is 2.30. The van der Waals surface area contributed by atoms with Gasteiger partial charge in [0, 0.05) is 36.6 Å². The van der Waals surface area contributed by atoms with Crippen molar-refractivity contribution >= 4 is 26.0 Å². The second-order valence-corrected chi connectivity index (χ2v) is 7.25. The normalized spacial score (nSPS) is 22.0. The Hall–Kier alpha value is -0.500. The van der Waals surface area contributed by atoms with E-state index in [0.29, 0.717) is 17.6 Å². The van der Waals surface area contributed by atoms with Gasteiger partial charge in [-0.05, 0) is 40.8 Å². The zero-order chi connectivity index (χ0) is 13.2. The van der Waals surface area contributed by atoms with Crippen LogP contribution in [0.3, 0.4) is 0 Å². The Labute approximate surface area is 115 Å². The lowest BCUT2D eigenvalue weighted by Crippen LogP contribution is -2.40. The van der Waals surface area contributed by atoms with Crippen LogP contribution in [0.5, 0.6) is 0 Å². The van der Waals surface area contributed by atoms with E-state index in [1.54, 1.807) is 12.3 Å². The molecule has 0 bridgehead atoms. The van der Waals surface area contributed by atoms with E-state index in [0.717, 1.165) is 12.8 Å². The van der Waals surface area contributed by atoms with Gasteiger partial charge in [-0.2, -0.15) is 4.31 Å². The molecule has 0 spiro atoms. The summed E-state index contributed by atoms with van der Waals surface area (Å²) in [6, 6.07) is 1.55. The predicted molar refractivity (Wildman–Crippen MR) is 70.5 cm³/mol. The molecule has 1 fully saturated rings. The summed E-state index contributed by atoms with van der Waals surface area (Å²) in [6.45, 7) is 0.916. The van der Waals surface area contributed by atoms with E-state index in [9.17, 15) is 8.42 Å². The van der Waals surface area contributed by atoms with Gasteiger partial charge in [-0.3, -0.25) is 4.98 Å². The predicted octanol–water partition coefficient (Wildman–Crippen LogP) is 1.24. The van der Waals surface area contributed by atoms with E-state index in [4.69, 9.17) is 5.11 Å². The molecule has 1 aliphatic rings. The summed E-state index contributed by atoms with van der Waals surface area (Å²) < 4.78 is 26.8. The van der Waals surface area contributed by atoms with Crippen molar-refractivity contribution in [1.29, 1.82) is 0 Å². The summed E-state index contributed by atoms with van der Waals surface area (Å²) in [5, 5.41) is 9.15. The molecule has 0 radical (unpaired) electrons. The summed E-state index contributed by atoms with van der Waals surface area (Å²) in [7, 11) is -3.50. The number of nitrogens with zero attached hydrogens (tertiary/aromatic N) is 2. The van der Waals surface area contributed by atoms with Gasteiger partial charge in [-0.15, -0.1) is 0 Å². The highest BCUT2D eigenvalue weighted by Crippen LogP contribution is 2.24. The maximum atomic E-state index is 12.4. The molecule has 18 heavy (non-hydrogen) atoms. The number of piperidine rings is 1. The maximum Gasteiger partial charge on any atom is 0.244 e. The van der Waals surface area contributed by atoms with E-state index < -0.39 is 10.0 Å². The van der Waals surface area contributed by atoms with Gasteiger partial charge >= 0.3 is 0 Å². The van der Waals surface area contributed by atoms with Crippen molar-refractivity contribution in [2.24, 2.45) is 5.92 Å². The van der Waals surface area contributed by atoms with Crippen LogP contribution < -0.4 is 0 Å². The molecule has 100 valence electrons. The van der Waals surface area contributed by atoms with E-state index in [1.165, 1.54) is 10.5 Å². The Kier molecular flexibility index (Phi) is 4.37. The molecular weight excluding hydrogens is 320 g/mol. The van der Waals surface area contributed by atoms with Gasteiger partial charge < -0.3 is 5.11 Å². The number of aromatic nitrogens is 1. The van der Waals surface area contributed by atoms with Gasteiger partial charge in [0.25, 0.3) is 0 Å². The second kappa shape index (κ2) is 5.64. The average Bonchev–Trinajstić information content (AvgIpc) is 2.39. The van der Waals surface area contributed by atoms with Gasteiger partial charge in [-0.1, -0.05) is 0 Å².